The van der Waals surface area contributed by atoms with Crippen molar-refractivity contribution < 1.29 is 9.13 Å². The van der Waals surface area contributed by atoms with Crippen LogP contribution in [0.15, 0.2) is 41.1 Å². The van der Waals surface area contributed by atoms with Crippen molar-refractivity contribution in [3.63, 3.8) is 0 Å². The third kappa shape index (κ3) is 3.69. The fourth-order valence-corrected chi connectivity index (χ4v) is 2.96. The maximum Gasteiger partial charge on any atom is 0.177 e. The molecule has 0 spiro atoms. The molecule has 120 valence electrons. The van der Waals surface area contributed by atoms with Crippen LogP contribution in [-0.2, 0) is 0 Å². The molecule has 23 heavy (non-hydrogen) atoms. The van der Waals surface area contributed by atoms with Crippen LogP contribution in [0.2, 0.25) is 0 Å². The second kappa shape index (κ2) is 7.63. The first-order chi connectivity index (χ1) is 10.6. The zero-order valence-corrected chi connectivity index (χ0v) is 16.6. The Labute approximate surface area is 161 Å². The van der Waals surface area contributed by atoms with Crippen molar-refractivity contribution in [1.82, 2.24) is 9.97 Å². The quantitative estimate of drug-likeness (QED) is 0.277. The molecule has 0 bridgehead atoms. The van der Waals surface area contributed by atoms with Crippen molar-refractivity contribution in [3.8, 4) is 11.5 Å². The van der Waals surface area contributed by atoms with Crippen LogP contribution in [0.1, 0.15) is 5.69 Å². The lowest BCUT2D eigenvalue weighted by atomic mass is 10.2. The molecule has 0 amide bonds. The fourth-order valence-electron chi connectivity index (χ4n) is 2.03. The molecule has 0 saturated heterocycles. The maximum absolute atomic E-state index is 14.2. The van der Waals surface area contributed by atoms with Gasteiger partial charge in [-0.3, -0.25) is 10.4 Å². The Bertz CT molecular complexity index is 871. The second-order valence-electron chi connectivity index (χ2n) is 4.45. The molecule has 3 aromatic rings. The number of benzene rings is 1. The summed E-state index contributed by atoms with van der Waals surface area (Å²) in [6.45, 7) is 0. The van der Waals surface area contributed by atoms with E-state index < -0.39 is 5.82 Å². The summed E-state index contributed by atoms with van der Waals surface area (Å²) in [7, 11) is 0. The summed E-state index contributed by atoms with van der Waals surface area (Å²) in [4.78, 5) is 7.06. The summed E-state index contributed by atoms with van der Waals surface area (Å²) < 4.78 is 20.4. The Morgan fingerprint density at radius 2 is 2.17 bits per heavy atom. The highest BCUT2D eigenvalue weighted by Crippen LogP contribution is 2.38. The van der Waals surface area contributed by atoms with Crippen molar-refractivity contribution in [2.75, 3.05) is 6.26 Å². The minimum absolute atomic E-state index is 0. The molecular weight excluding hydrogens is 496 g/mol. The first-order valence-electron chi connectivity index (χ1n) is 6.32. The highest BCUT2D eigenvalue weighted by atomic mass is 127. The second-order valence-corrected chi connectivity index (χ2v) is 6.06. The molecule has 0 aliphatic carbocycles. The van der Waals surface area contributed by atoms with E-state index in [9.17, 15) is 4.39 Å². The number of aromatic amines is 1. The van der Waals surface area contributed by atoms with Crippen molar-refractivity contribution in [2.24, 2.45) is 0 Å². The number of hydrogen-bond acceptors (Lipinski definition) is 4. The van der Waals surface area contributed by atoms with Crippen LogP contribution in [0, 0.1) is 11.2 Å². The van der Waals surface area contributed by atoms with Gasteiger partial charge in [0.1, 0.15) is 10.8 Å². The average molecular weight is 508 g/mol. The van der Waals surface area contributed by atoms with Gasteiger partial charge in [-0.2, -0.15) is 0 Å². The van der Waals surface area contributed by atoms with Crippen LogP contribution >= 0.6 is 51.7 Å². The number of nitrogens with zero attached hydrogens (tertiary/aromatic N) is 1. The molecule has 0 fully saturated rings. The number of thioether (sulfide) groups is 1. The van der Waals surface area contributed by atoms with Gasteiger partial charge in [-0.25, -0.2) is 4.39 Å². The Morgan fingerprint density at radius 1 is 1.39 bits per heavy atom. The van der Waals surface area contributed by atoms with Gasteiger partial charge in [0.25, 0.3) is 0 Å². The topological polar surface area (TPSA) is 61.8 Å². The van der Waals surface area contributed by atoms with E-state index in [4.69, 9.17) is 10.1 Å². The summed E-state index contributed by atoms with van der Waals surface area (Å²) in [6.07, 6.45) is 5.08. The molecule has 0 radical (unpaired) electrons. The van der Waals surface area contributed by atoms with Crippen molar-refractivity contribution in [2.45, 2.75) is 0 Å². The van der Waals surface area contributed by atoms with E-state index in [1.807, 2.05) is 6.07 Å². The van der Waals surface area contributed by atoms with E-state index in [-0.39, 0.29) is 29.7 Å². The molecule has 4 nitrogen and oxygen atoms in total. The lowest BCUT2D eigenvalue weighted by molar-refractivity contribution is 0.440. The summed E-state index contributed by atoms with van der Waals surface area (Å²) in [5.74, 6) is 0.0679. The summed E-state index contributed by atoms with van der Waals surface area (Å²) >= 11 is 4.66. The number of pyridine rings is 1. The zero-order valence-electron chi connectivity index (χ0n) is 11.9. The van der Waals surface area contributed by atoms with Crippen LogP contribution in [0.4, 0.5) is 4.39 Å². The molecule has 2 N–H and O–H groups in total. The number of rotatable bonds is 3. The number of H-pyrrole nitrogens is 1. The normalized spacial score (nSPS) is 10.4. The van der Waals surface area contributed by atoms with Crippen molar-refractivity contribution in [1.29, 1.82) is 5.41 Å². The summed E-state index contributed by atoms with van der Waals surface area (Å²) in [5.41, 5.74) is 1.18. The fraction of sp³-hybridized carbons (Fsp3) is 0.0667. The van der Waals surface area contributed by atoms with E-state index in [1.165, 1.54) is 24.0 Å². The van der Waals surface area contributed by atoms with Gasteiger partial charge in [-0.05, 0) is 34.3 Å². The Balaban J connectivity index is 0.00000192. The van der Waals surface area contributed by atoms with Gasteiger partial charge < -0.3 is 9.72 Å². The molecule has 2 aromatic heterocycles. The number of aromatic nitrogens is 2. The van der Waals surface area contributed by atoms with Crippen LogP contribution < -0.4 is 4.74 Å². The molecule has 0 unspecified atom stereocenters. The van der Waals surface area contributed by atoms with E-state index in [1.54, 1.807) is 24.6 Å². The standard InChI is InChI=1S/C15H11BrFN3OS.HI/c1-22-15(18)12-6-8(2-4-20-12)21-14-10(17)7-11-9(13(14)16)3-5-19-11;/h2-7,18-19H,1H3;1H. The van der Waals surface area contributed by atoms with Crippen molar-refractivity contribution in [3.05, 3.63) is 52.6 Å². The largest absolute Gasteiger partial charge is 0.453 e. The van der Waals surface area contributed by atoms with Gasteiger partial charge in [0, 0.05) is 35.4 Å². The van der Waals surface area contributed by atoms with Gasteiger partial charge in [0.05, 0.1) is 10.2 Å². The SMILES string of the molecule is CSC(=N)c1cc(Oc2c(F)cc3[nH]ccc3c2Br)ccn1.I. The Kier molecular flexibility index (Phi) is 6.04. The maximum atomic E-state index is 14.2. The van der Waals surface area contributed by atoms with Gasteiger partial charge in [0.2, 0.25) is 0 Å². The lowest BCUT2D eigenvalue weighted by Gasteiger charge is -2.10. The average Bonchev–Trinajstić information content (AvgIpc) is 2.99. The highest BCUT2D eigenvalue weighted by Gasteiger charge is 2.15. The number of halogens is 3. The van der Waals surface area contributed by atoms with E-state index in [2.05, 4.69) is 25.9 Å². The van der Waals surface area contributed by atoms with Crippen LogP contribution in [0.5, 0.6) is 11.5 Å². The van der Waals surface area contributed by atoms with Crippen molar-refractivity contribution >= 4 is 67.6 Å². The van der Waals surface area contributed by atoms with Crippen LogP contribution in [0.25, 0.3) is 10.9 Å². The molecule has 0 atom stereocenters. The van der Waals surface area contributed by atoms with Gasteiger partial charge >= 0.3 is 0 Å². The smallest absolute Gasteiger partial charge is 0.177 e. The number of fused-ring (bicyclic) bond motifs is 1. The summed E-state index contributed by atoms with van der Waals surface area (Å²) in [5, 5.41) is 8.94. The Hall–Kier alpha value is -1.13. The minimum atomic E-state index is -0.472. The minimum Gasteiger partial charge on any atom is -0.453 e. The van der Waals surface area contributed by atoms with Gasteiger partial charge in [0.15, 0.2) is 11.6 Å². The molecule has 0 aliphatic heterocycles. The molecule has 1 aromatic carbocycles. The van der Waals surface area contributed by atoms with Gasteiger partial charge in [-0.1, -0.05) is 0 Å². The van der Waals surface area contributed by atoms with E-state index >= 15 is 0 Å². The van der Waals surface area contributed by atoms with Crippen LogP contribution in [-0.4, -0.2) is 21.3 Å². The molecule has 0 saturated carbocycles. The predicted molar refractivity (Wildman–Crippen MR) is 106 cm³/mol. The van der Waals surface area contributed by atoms with E-state index in [0.29, 0.717) is 26.5 Å². The third-order valence-electron chi connectivity index (χ3n) is 3.09. The Morgan fingerprint density at radius 3 is 2.91 bits per heavy atom. The third-order valence-corrected chi connectivity index (χ3v) is 4.50. The monoisotopic (exact) mass is 507 g/mol. The first-order valence-corrected chi connectivity index (χ1v) is 8.34. The number of hydrogen-bond donors (Lipinski definition) is 2. The number of nitrogens with one attached hydrogen (secondary N) is 2. The molecule has 8 heteroatoms. The predicted octanol–water partition coefficient (Wildman–Crippen LogP) is 5.56. The molecular formula is C15H12BrFIN3OS. The first kappa shape index (κ1) is 18.2. The molecule has 3 rings (SSSR count). The molecule has 2 heterocycles. The number of ether oxygens (including phenoxy) is 1. The lowest BCUT2D eigenvalue weighted by Crippen LogP contribution is -1.98. The van der Waals surface area contributed by atoms with Gasteiger partial charge in [-0.15, -0.1) is 35.7 Å². The van der Waals surface area contributed by atoms with Crippen LogP contribution in [0.3, 0.4) is 0 Å². The molecule has 0 aliphatic rings. The zero-order chi connectivity index (χ0) is 15.7. The van der Waals surface area contributed by atoms with E-state index in [0.717, 1.165) is 5.39 Å². The highest BCUT2D eigenvalue weighted by molar-refractivity contribution is 14.0. The summed E-state index contributed by atoms with van der Waals surface area (Å²) in [6, 6.07) is 6.48.